The van der Waals surface area contributed by atoms with Crippen LogP contribution in [0.4, 0.5) is 10.1 Å². The number of carbonyl (C=O) groups is 1. The molecule has 0 saturated carbocycles. The second-order valence-electron chi connectivity index (χ2n) is 7.16. The van der Waals surface area contributed by atoms with Crippen molar-refractivity contribution in [1.82, 2.24) is 0 Å². The Bertz CT molecular complexity index is 1410. The summed E-state index contributed by atoms with van der Waals surface area (Å²) >= 11 is 1.44. The largest absolute Gasteiger partial charge is 0.481 e. The lowest BCUT2D eigenvalue weighted by Gasteiger charge is -2.16. The molecule has 0 fully saturated rings. The third-order valence-electron chi connectivity index (χ3n) is 5.04. The second-order valence-corrected chi connectivity index (χ2v) is 9.65. The highest BCUT2D eigenvalue weighted by molar-refractivity contribution is 7.85. The number of aliphatic carboxylic acids is 1. The van der Waals surface area contributed by atoms with Crippen molar-refractivity contribution < 1.29 is 36.6 Å². The summed E-state index contributed by atoms with van der Waals surface area (Å²) in [4.78, 5) is 12.5. The lowest BCUT2D eigenvalue weighted by Crippen LogP contribution is -2.33. The number of halogens is 1. The number of anilines is 1. The van der Waals surface area contributed by atoms with Crippen molar-refractivity contribution in [3.8, 4) is 5.75 Å². The summed E-state index contributed by atoms with van der Waals surface area (Å²) in [5, 5.41) is 9.88. The summed E-state index contributed by atoms with van der Waals surface area (Å²) in [5.41, 5.74) is 1.13. The number of thiazole rings is 1. The molecule has 172 valence electrons. The third-order valence-corrected chi connectivity index (χ3v) is 7.02. The Hall–Kier alpha value is -3.28. The van der Waals surface area contributed by atoms with E-state index in [0.29, 0.717) is 29.4 Å². The molecule has 3 aromatic rings. The summed E-state index contributed by atoms with van der Waals surface area (Å²) in [6, 6.07) is 8.49. The first-order chi connectivity index (χ1) is 15.7. The normalized spacial score (nSPS) is 14.9. The van der Waals surface area contributed by atoms with E-state index in [1.54, 1.807) is 23.1 Å². The van der Waals surface area contributed by atoms with Gasteiger partial charge in [0.1, 0.15) is 22.0 Å². The Morgan fingerprint density at radius 3 is 2.76 bits per heavy atom. The molecule has 1 aliphatic heterocycles. The lowest BCUT2D eigenvalue weighted by atomic mass is 10.2. The number of ether oxygens (including phenoxy) is 1. The molecule has 0 amide bonds. The maximum atomic E-state index is 13.7. The van der Waals surface area contributed by atoms with Crippen LogP contribution in [0.1, 0.15) is 18.4 Å². The molecule has 2 heterocycles. The van der Waals surface area contributed by atoms with E-state index in [1.165, 1.54) is 41.7 Å². The van der Waals surface area contributed by atoms with E-state index in [4.69, 9.17) is 9.84 Å². The van der Waals surface area contributed by atoms with Crippen LogP contribution in [0.3, 0.4) is 0 Å². The van der Waals surface area contributed by atoms with E-state index in [-0.39, 0.29) is 17.9 Å². The maximum absolute atomic E-state index is 13.7. The van der Waals surface area contributed by atoms with Crippen LogP contribution in [0, 0.1) is 5.82 Å². The summed E-state index contributed by atoms with van der Waals surface area (Å²) in [6.07, 6.45) is 5.05. The van der Waals surface area contributed by atoms with Crippen molar-refractivity contribution >= 4 is 49.4 Å². The first kappa shape index (κ1) is 22.9. The molecule has 4 rings (SSSR count). The zero-order valence-electron chi connectivity index (χ0n) is 17.4. The van der Waals surface area contributed by atoms with Gasteiger partial charge in [-0.1, -0.05) is 11.3 Å². The van der Waals surface area contributed by atoms with Crippen LogP contribution in [-0.4, -0.2) is 30.6 Å². The van der Waals surface area contributed by atoms with E-state index < -0.39 is 21.9 Å². The number of hydrogen-bond donors (Lipinski definition) is 2. The minimum absolute atomic E-state index is 0.113. The van der Waals surface area contributed by atoms with Crippen LogP contribution in [0.2, 0.25) is 0 Å². The van der Waals surface area contributed by atoms with E-state index in [9.17, 15) is 22.2 Å². The number of rotatable bonds is 7. The molecule has 8 nitrogen and oxygen atoms in total. The number of benzene rings is 2. The number of carboxylic acid groups (broad SMARTS) is 1. The van der Waals surface area contributed by atoms with Gasteiger partial charge in [-0.15, -0.1) is 0 Å². The van der Waals surface area contributed by atoms with Gasteiger partial charge in [-0.2, -0.15) is 13.0 Å². The van der Waals surface area contributed by atoms with Crippen molar-refractivity contribution in [1.29, 1.82) is 0 Å². The summed E-state index contributed by atoms with van der Waals surface area (Å²) in [6.45, 7) is 2.60. The van der Waals surface area contributed by atoms with Gasteiger partial charge in [0.05, 0.1) is 12.1 Å². The monoisotopic (exact) mass is 491 g/mol. The smallest absolute Gasteiger partial charge is 0.305 e. The van der Waals surface area contributed by atoms with Crippen LogP contribution < -0.4 is 14.2 Å². The molecule has 0 bridgehead atoms. The van der Waals surface area contributed by atoms with Crippen molar-refractivity contribution in [2.24, 2.45) is 0 Å². The molecule has 1 aliphatic rings. The molecule has 0 spiro atoms. The maximum Gasteiger partial charge on any atom is 0.305 e. The quantitative estimate of drug-likeness (QED) is 0.382. The molecular formula is C22H20FN2O6S2+. The Labute approximate surface area is 193 Å². The van der Waals surface area contributed by atoms with Crippen LogP contribution >= 0.6 is 11.3 Å². The molecule has 0 radical (unpaired) electrons. The van der Waals surface area contributed by atoms with E-state index in [1.807, 2.05) is 17.6 Å². The number of fused-ring (bicyclic) bond motifs is 2. The Morgan fingerprint density at radius 2 is 2.06 bits per heavy atom. The van der Waals surface area contributed by atoms with Crippen LogP contribution in [-0.2, 0) is 21.5 Å². The summed E-state index contributed by atoms with van der Waals surface area (Å²) < 4.78 is 54.6. The number of aromatic nitrogens is 1. The van der Waals surface area contributed by atoms with Crippen molar-refractivity contribution in [3.63, 3.8) is 0 Å². The van der Waals surface area contributed by atoms with Crippen molar-refractivity contribution in [2.75, 3.05) is 11.4 Å². The fourth-order valence-electron chi connectivity index (χ4n) is 3.54. The van der Waals surface area contributed by atoms with Crippen molar-refractivity contribution in [2.45, 2.75) is 24.8 Å². The second kappa shape index (κ2) is 8.93. The van der Waals surface area contributed by atoms with Gasteiger partial charge in [0.15, 0.2) is 5.75 Å². The molecule has 0 atom stereocenters. The predicted octanol–water partition coefficient (Wildman–Crippen LogP) is 3.82. The molecule has 1 aromatic heterocycles. The highest BCUT2D eigenvalue weighted by Gasteiger charge is 2.27. The average Bonchev–Trinajstić information content (AvgIpc) is 3.27. The first-order valence-corrected chi connectivity index (χ1v) is 12.2. The van der Waals surface area contributed by atoms with Crippen molar-refractivity contribution in [3.05, 3.63) is 65.3 Å². The minimum atomic E-state index is -4.31. The molecule has 0 unspecified atom stereocenters. The zero-order chi connectivity index (χ0) is 23.8. The SMILES string of the molecule is CC[n+]1c(C=CC=C2Oc3ccc(F)cc3N2CCC(=O)O)sc2ccc(S(=O)(=O)O)cc21. The molecule has 0 saturated heterocycles. The summed E-state index contributed by atoms with van der Waals surface area (Å²) in [5.74, 6) is -0.628. The Balaban J connectivity index is 1.67. The third kappa shape index (κ3) is 4.75. The first-order valence-electron chi connectivity index (χ1n) is 9.96. The van der Waals surface area contributed by atoms with Gasteiger partial charge in [-0.05, 0) is 43.3 Å². The fourth-order valence-corrected chi connectivity index (χ4v) is 5.16. The number of carboxylic acids is 1. The average molecular weight is 492 g/mol. The molecule has 33 heavy (non-hydrogen) atoms. The highest BCUT2D eigenvalue weighted by Crippen LogP contribution is 2.39. The molecule has 0 aliphatic carbocycles. The lowest BCUT2D eigenvalue weighted by molar-refractivity contribution is -0.665. The minimum Gasteiger partial charge on any atom is -0.481 e. The zero-order valence-corrected chi connectivity index (χ0v) is 19.1. The van der Waals surface area contributed by atoms with Gasteiger partial charge in [0.2, 0.25) is 11.4 Å². The standard InChI is InChI=1S/C22H19FN2O6S2/c1-2-24-17-13-15(33(28,29)30)7-9-19(17)32-21(24)5-3-4-20-25(11-10-22(26)27)16-12-14(23)6-8-18(16)31-20/h3-9,12-13H,2,10-11H2,1H3,(H-,26,27,28,29,30)/p+1. The molecule has 11 heteroatoms. The van der Waals surface area contributed by atoms with E-state index >= 15 is 0 Å². The van der Waals surface area contributed by atoms with E-state index in [2.05, 4.69) is 0 Å². The number of allylic oxidation sites excluding steroid dienone is 2. The van der Waals surface area contributed by atoms with Gasteiger partial charge in [0, 0.05) is 24.8 Å². The topological polar surface area (TPSA) is 108 Å². The Morgan fingerprint density at radius 1 is 1.27 bits per heavy atom. The number of hydrogen-bond acceptors (Lipinski definition) is 6. The van der Waals surface area contributed by atoms with Crippen LogP contribution in [0.15, 0.2) is 59.3 Å². The van der Waals surface area contributed by atoms with Gasteiger partial charge in [0.25, 0.3) is 15.1 Å². The van der Waals surface area contributed by atoms with Gasteiger partial charge in [-0.3, -0.25) is 9.35 Å². The molecule has 2 N–H and O–H groups in total. The molecular weight excluding hydrogens is 471 g/mol. The van der Waals surface area contributed by atoms with Crippen LogP contribution in [0.5, 0.6) is 5.75 Å². The number of nitrogens with zero attached hydrogens (tertiary/aromatic N) is 2. The Kier molecular flexibility index (Phi) is 6.19. The fraction of sp³-hybridized carbons (Fsp3) is 0.182. The summed E-state index contributed by atoms with van der Waals surface area (Å²) in [7, 11) is -4.31. The predicted molar refractivity (Wildman–Crippen MR) is 121 cm³/mol. The highest BCUT2D eigenvalue weighted by atomic mass is 32.2. The van der Waals surface area contributed by atoms with Gasteiger partial charge in [-0.25, -0.2) is 4.39 Å². The molecule has 2 aromatic carbocycles. The number of aryl methyl sites for hydroxylation is 1. The van der Waals surface area contributed by atoms with Crippen LogP contribution in [0.25, 0.3) is 16.3 Å². The van der Waals surface area contributed by atoms with E-state index in [0.717, 1.165) is 9.71 Å². The van der Waals surface area contributed by atoms with Gasteiger partial charge < -0.3 is 14.7 Å². The van der Waals surface area contributed by atoms with Gasteiger partial charge >= 0.3 is 5.97 Å².